The minimum absolute atomic E-state index is 0.294. The second kappa shape index (κ2) is 5.53. The van der Waals surface area contributed by atoms with Crippen molar-refractivity contribution in [2.75, 3.05) is 14.1 Å². The molecule has 6 heteroatoms. The number of hydrogen-bond acceptors (Lipinski definition) is 2. The summed E-state index contributed by atoms with van der Waals surface area (Å²) < 4.78 is 26.6. The quantitative estimate of drug-likeness (QED) is 0.752. The molecule has 0 unspecified atom stereocenters. The van der Waals surface area contributed by atoms with Crippen LogP contribution in [0.15, 0.2) is 57.9 Å². The molecule has 0 radical (unpaired) electrons. The molecule has 4 nitrogen and oxygen atoms in total. The first kappa shape index (κ1) is 15.3. The Balaban J connectivity index is 2.14. The standard InChI is InChI=1S/C16H15BrN2O2S/c1-19(2)22(20,21)12-7-8-15-11(9-12)10-16(18-15)13-5-3-4-6-14(13)17/h3-10,18H,1-2H3. The summed E-state index contributed by atoms with van der Waals surface area (Å²) in [5, 5.41) is 0.869. The summed E-state index contributed by atoms with van der Waals surface area (Å²) in [5.74, 6) is 0. The first-order valence-corrected chi connectivity index (χ1v) is 8.93. The van der Waals surface area contributed by atoms with Crippen molar-refractivity contribution < 1.29 is 8.42 Å². The van der Waals surface area contributed by atoms with Crippen LogP contribution >= 0.6 is 15.9 Å². The average molecular weight is 379 g/mol. The highest BCUT2D eigenvalue weighted by Gasteiger charge is 2.18. The SMILES string of the molecule is CN(C)S(=O)(=O)c1ccc2[nH]c(-c3ccccc3Br)cc2c1. The van der Waals surface area contributed by atoms with Gasteiger partial charge in [0.1, 0.15) is 0 Å². The number of nitrogens with zero attached hydrogens (tertiary/aromatic N) is 1. The zero-order chi connectivity index (χ0) is 15.9. The van der Waals surface area contributed by atoms with Crippen LogP contribution in [-0.4, -0.2) is 31.8 Å². The number of aromatic amines is 1. The lowest BCUT2D eigenvalue weighted by molar-refractivity contribution is 0.521. The number of sulfonamides is 1. The van der Waals surface area contributed by atoms with E-state index < -0.39 is 10.0 Å². The van der Waals surface area contributed by atoms with Crippen LogP contribution in [0.1, 0.15) is 0 Å². The smallest absolute Gasteiger partial charge is 0.242 e. The largest absolute Gasteiger partial charge is 0.354 e. The molecule has 0 aliphatic rings. The maximum Gasteiger partial charge on any atom is 0.242 e. The van der Waals surface area contributed by atoms with Crippen LogP contribution in [0.25, 0.3) is 22.2 Å². The van der Waals surface area contributed by atoms with Gasteiger partial charge in [0.2, 0.25) is 10.0 Å². The van der Waals surface area contributed by atoms with Crippen LogP contribution in [0.3, 0.4) is 0 Å². The number of halogens is 1. The highest BCUT2D eigenvalue weighted by atomic mass is 79.9. The van der Waals surface area contributed by atoms with E-state index in [1.54, 1.807) is 18.2 Å². The fourth-order valence-corrected chi connectivity index (χ4v) is 3.74. The second-order valence-corrected chi connectivity index (χ2v) is 8.21. The Labute approximate surface area is 137 Å². The average Bonchev–Trinajstić information content (AvgIpc) is 2.90. The van der Waals surface area contributed by atoms with Crippen LogP contribution in [-0.2, 0) is 10.0 Å². The summed E-state index contributed by atoms with van der Waals surface area (Å²) in [5.41, 5.74) is 2.89. The van der Waals surface area contributed by atoms with Crippen LogP contribution in [0.4, 0.5) is 0 Å². The zero-order valence-corrected chi connectivity index (χ0v) is 14.6. The van der Waals surface area contributed by atoms with Gasteiger partial charge in [0.25, 0.3) is 0 Å². The zero-order valence-electron chi connectivity index (χ0n) is 12.2. The molecule has 1 aromatic heterocycles. The Kier molecular flexibility index (Phi) is 3.84. The van der Waals surface area contributed by atoms with E-state index in [0.29, 0.717) is 4.90 Å². The summed E-state index contributed by atoms with van der Waals surface area (Å²) in [6, 6.07) is 15.0. The van der Waals surface area contributed by atoms with Gasteiger partial charge in [-0.25, -0.2) is 12.7 Å². The minimum atomic E-state index is -3.42. The molecule has 1 N–H and O–H groups in total. The molecule has 22 heavy (non-hydrogen) atoms. The number of hydrogen-bond donors (Lipinski definition) is 1. The molecule has 0 aliphatic heterocycles. The monoisotopic (exact) mass is 378 g/mol. The molecule has 0 fully saturated rings. The van der Waals surface area contributed by atoms with E-state index in [9.17, 15) is 8.42 Å². The number of fused-ring (bicyclic) bond motifs is 1. The van der Waals surface area contributed by atoms with E-state index in [1.165, 1.54) is 18.4 Å². The molecule has 3 rings (SSSR count). The van der Waals surface area contributed by atoms with E-state index >= 15 is 0 Å². The van der Waals surface area contributed by atoms with E-state index in [1.807, 2.05) is 30.3 Å². The predicted octanol–water partition coefficient (Wildman–Crippen LogP) is 3.85. The van der Waals surface area contributed by atoms with Crippen molar-refractivity contribution in [3.05, 3.63) is 53.0 Å². The van der Waals surface area contributed by atoms with Gasteiger partial charge in [0.05, 0.1) is 4.90 Å². The molecule has 2 aromatic carbocycles. The van der Waals surface area contributed by atoms with Crippen LogP contribution in [0, 0.1) is 0 Å². The van der Waals surface area contributed by atoms with Gasteiger partial charge in [-0.2, -0.15) is 0 Å². The molecule has 114 valence electrons. The van der Waals surface area contributed by atoms with E-state index in [0.717, 1.165) is 26.6 Å². The number of H-pyrrole nitrogens is 1. The Hall–Kier alpha value is -1.63. The third-order valence-electron chi connectivity index (χ3n) is 3.53. The molecule has 0 aliphatic carbocycles. The molecule has 0 atom stereocenters. The van der Waals surface area contributed by atoms with Crippen molar-refractivity contribution in [2.45, 2.75) is 4.90 Å². The maximum atomic E-state index is 12.2. The lowest BCUT2D eigenvalue weighted by Gasteiger charge is -2.10. The van der Waals surface area contributed by atoms with Crippen LogP contribution in [0.5, 0.6) is 0 Å². The minimum Gasteiger partial charge on any atom is -0.354 e. The summed E-state index contributed by atoms with van der Waals surface area (Å²) in [6.07, 6.45) is 0. The summed E-state index contributed by atoms with van der Waals surface area (Å²) in [7, 11) is -0.360. The van der Waals surface area contributed by atoms with E-state index in [4.69, 9.17) is 0 Å². The number of nitrogens with one attached hydrogen (secondary N) is 1. The molecule has 0 bridgehead atoms. The Bertz CT molecular complexity index is 946. The molecular formula is C16H15BrN2O2S. The first-order chi connectivity index (χ1) is 10.4. The summed E-state index contributed by atoms with van der Waals surface area (Å²) in [6.45, 7) is 0. The Morgan fingerprint density at radius 2 is 1.77 bits per heavy atom. The molecule has 0 saturated heterocycles. The van der Waals surface area contributed by atoms with Crippen molar-refractivity contribution in [2.24, 2.45) is 0 Å². The molecule has 3 aromatic rings. The summed E-state index contributed by atoms with van der Waals surface area (Å²) >= 11 is 3.53. The van der Waals surface area contributed by atoms with Gasteiger partial charge in [-0.15, -0.1) is 0 Å². The van der Waals surface area contributed by atoms with Crippen molar-refractivity contribution in [3.8, 4) is 11.3 Å². The molecule has 1 heterocycles. The fraction of sp³-hybridized carbons (Fsp3) is 0.125. The van der Waals surface area contributed by atoms with Gasteiger partial charge in [0.15, 0.2) is 0 Å². The number of benzene rings is 2. The fourth-order valence-electron chi connectivity index (χ4n) is 2.31. The lowest BCUT2D eigenvalue weighted by atomic mass is 10.1. The molecule has 0 spiro atoms. The van der Waals surface area contributed by atoms with Crippen LogP contribution in [0.2, 0.25) is 0 Å². The van der Waals surface area contributed by atoms with E-state index in [-0.39, 0.29) is 0 Å². The van der Waals surface area contributed by atoms with Gasteiger partial charge >= 0.3 is 0 Å². The van der Waals surface area contributed by atoms with Gasteiger partial charge < -0.3 is 4.98 Å². The molecular weight excluding hydrogens is 364 g/mol. The first-order valence-electron chi connectivity index (χ1n) is 6.70. The second-order valence-electron chi connectivity index (χ2n) is 5.20. The van der Waals surface area contributed by atoms with Gasteiger partial charge in [-0.1, -0.05) is 34.1 Å². The molecule has 0 amide bonds. The van der Waals surface area contributed by atoms with Crippen molar-refractivity contribution in [1.82, 2.24) is 9.29 Å². The lowest BCUT2D eigenvalue weighted by Crippen LogP contribution is -2.22. The third kappa shape index (κ3) is 2.58. The topological polar surface area (TPSA) is 53.2 Å². The Morgan fingerprint density at radius 3 is 2.45 bits per heavy atom. The van der Waals surface area contributed by atoms with E-state index in [2.05, 4.69) is 20.9 Å². The highest BCUT2D eigenvalue weighted by Crippen LogP contribution is 2.31. The normalized spacial score (nSPS) is 12.2. The third-order valence-corrected chi connectivity index (χ3v) is 6.04. The Morgan fingerprint density at radius 1 is 1.05 bits per heavy atom. The van der Waals surface area contributed by atoms with Gasteiger partial charge in [-0.05, 0) is 30.3 Å². The van der Waals surface area contributed by atoms with Crippen molar-refractivity contribution in [3.63, 3.8) is 0 Å². The maximum absolute atomic E-state index is 12.2. The van der Waals surface area contributed by atoms with Crippen molar-refractivity contribution >= 4 is 36.9 Å². The number of rotatable bonds is 3. The molecule has 0 saturated carbocycles. The van der Waals surface area contributed by atoms with Crippen LogP contribution < -0.4 is 0 Å². The van der Waals surface area contributed by atoms with Crippen molar-refractivity contribution in [1.29, 1.82) is 0 Å². The summed E-state index contributed by atoms with van der Waals surface area (Å²) in [4.78, 5) is 3.62. The van der Waals surface area contributed by atoms with Gasteiger partial charge in [-0.3, -0.25) is 0 Å². The van der Waals surface area contributed by atoms with Gasteiger partial charge in [0, 0.05) is 40.7 Å². The predicted molar refractivity (Wildman–Crippen MR) is 92.3 cm³/mol. The highest BCUT2D eigenvalue weighted by molar-refractivity contribution is 9.10. The number of aromatic nitrogens is 1.